The molecule has 1 amide bonds. The molecule has 3 aliphatic heterocycles. The van der Waals surface area contributed by atoms with Crippen LogP contribution in [-0.4, -0.2) is 73.0 Å². The van der Waals surface area contributed by atoms with E-state index in [1.165, 1.54) is 43.2 Å². The Bertz CT molecular complexity index is 729. The maximum absolute atomic E-state index is 12.9. The number of ether oxygens (including phenoxy) is 1. The number of benzene rings is 1. The van der Waals surface area contributed by atoms with E-state index < -0.39 is 0 Å². The lowest BCUT2D eigenvalue weighted by molar-refractivity contribution is -0.136. The number of carbonyl (C=O) groups excluding carboxylic acids is 1. The van der Waals surface area contributed by atoms with Crippen molar-refractivity contribution in [1.29, 1.82) is 0 Å². The summed E-state index contributed by atoms with van der Waals surface area (Å²) in [5, 5.41) is 0. The third-order valence-corrected chi connectivity index (χ3v) is 7.63. The fourth-order valence-electron chi connectivity index (χ4n) is 5.82. The Morgan fingerprint density at radius 3 is 2.62 bits per heavy atom. The number of carbonyl (C=O) groups is 1. The maximum Gasteiger partial charge on any atom is 0.236 e. The maximum atomic E-state index is 12.9. The zero-order chi connectivity index (χ0) is 19.6. The van der Waals surface area contributed by atoms with E-state index in [1.807, 2.05) is 0 Å². The molecule has 29 heavy (non-hydrogen) atoms. The van der Waals surface area contributed by atoms with Crippen LogP contribution in [0.5, 0.6) is 5.75 Å². The van der Waals surface area contributed by atoms with Crippen molar-refractivity contribution in [2.75, 3.05) is 52.4 Å². The summed E-state index contributed by atoms with van der Waals surface area (Å²) in [6, 6.07) is 6.64. The minimum atomic E-state index is 0.362. The van der Waals surface area contributed by atoms with E-state index in [9.17, 15) is 4.79 Å². The van der Waals surface area contributed by atoms with Crippen LogP contribution in [0.3, 0.4) is 0 Å². The summed E-state index contributed by atoms with van der Waals surface area (Å²) >= 11 is 0. The number of hydrogen-bond acceptors (Lipinski definition) is 4. The van der Waals surface area contributed by atoms with Crippen LogP contribution in [0.2, 0.25) is 0 Å². The Hall–Kier alpha value is -1.59. The molecule has 1 saturated carbocycles. The van der Waals surface area contributed by atoms with Gasteiger partial charge in [-0.1, -0.05) is 31.4 Å². The van der Waals surface area contributed by atoms with Crippen molar-refractivity contribution in [1.82, 2.24) is 14.7 Å². The van der Waals surface area contributed by atoms with Crippen molar-refractivity contribution in [3.63, 3.8) is 0 Å². The Morgan fingerprint density at radius 1 is 0.966 bits per heavy atom. The highest BCUT2D eigenvalue weighted by Crippen LogP contribution is 2.36. The minimum Gasteiger partial charge on any atom is -0.493 e. The third-order valence-electron chi connectivity index (χ3n) is 7.63. The summed E-state index contributed by atoms with van der Waals surface area (Å²) in [7, 11) is 0. The Balaban J connectivity index is 1.07. The first-order valence-electron chi connectivity index (χ1n) is 11.7. The van der Waals surface area contributed by atoms with Crippen LogP contribution in [0.25, 0.3) is 0 Å². The van der Waals surface area contributed by atoms with Crippen molar-refractivity contribution in [2.45, 2.75) is 45.1 Å². The molecular weight excluding hydrogens is 362 g/mol. The quantitative estimate of drug-likeness (QED) is 0.783. The molecule has 1 aliphatic carbocycles. The zero-order valence-corrected chi connectivity index (χ0v) is 17.7. The predicted octanol–water partition coefficient (Wildman–Crippen LogP) is 2.78. The van der Waals surface area contributed by atoms with Gasteiger partial charge in [0.15, 0.2) is 0 Å². The van der Waals surface area contributed by atoms with Crippen molar-refractivity contribution in [3.8, 4) is 5.75 Å². The van der Waals surface area contributed by atoms with Crippen LogP contribution < -0.4 is 4.74 Å². The van der Waals surface area contributed by atoms with Crippen molar-refractivity contribution >= 4 is 5.91 Å². The third kappa shape index (κ3) is 4.46. The number of fused-ring (bicyclic) bond motifs is 2. The number of amides is 1. The van der Waals surface area contributed by atoms with E-state index in [0.717, 1.165) is 76.4 Å². The van der Waals surface area contributed by atoms with Crippen molar-refractivity contribution < 1.29 is 9.53 Å². The molecule has 0 radical (unpaired) electrons. The van der Waals surface area contributed by atoms with Gasteiger partial charge in [0, 0.05) is 52.2 Å². The summed E-state index contributed by atoms with van der Waals surface area (Å²) in [6.07, 6.45) is 7.77. The second kappa shape index (κ2) is 8.65. The van der Waals surface area contributed by atoms with E-state index in [-0.39, 0.29) is 0 Å². The molecule has 1 aromatic rings. The fraction of sp³-hybridized carbons (Fsp3) is 0.708. The average molecular weight is 398 g/mol. The normalized spacial score (nSPS) is 27.9. The lowest BCUT2D eigenvalue weighted by atomic mass is 9.75. The summed E-state index contributed by atoms with van der Waals surface area (Å²) < 4.78 is 5.62. The van der Waals surface area contributed by atoms with Crippen LogP contribution >= 0.6 is 0 Å². The molecule has 158 valence electrons. The second-order valence-electron chi connectivity index (χ2n) is 9.53. The highest BCUT2D eigenvalue weighted by molar-refractivity contribution is 5.78. The number of likely N-dealkylation sites (tertiary alicyclic amines) is 1. The molecule has 0 spiro atoms. The Labute approximate surface area is 175 Å². The number of nitrogens with zero attached hydrogens (tertiary/aromatic N) is 3. The molecule has 3 fully saturated rings. The topological polar surface area (TPSA) is 36.0 Å². The van der Waals surface area contributed by atoms with Gasteiger partial charge in [-0.15, -0.1) is 0 Å². The largest absolute Gasteiger partial charge is 0.493 e. The lowest BCUT2D eigenvalue weighted by Gasteiger charge is -2.42. The van der Waals surface area contributed by atoms with Gasteiger partial charge in [-0.3, -0.25) is 14.6 Å². The van der Waals surface area contributed by atoms with E-state index in [0.29, 0.717) is 12.5 Å². The summed E-state index contributed by atoms with van der Waals surface area (Å²) in [5.41, 5.74) is 2.74. The van der Waals surface area contributed by atoms with E-state index >= 15 is 0 Å². The highest BCUT2D eigenvalue weighted by Gasteiger charge is 2.33. The first-order valence-corrected chi connectivity index (χ1v) is 11.7. The Kier molecular flexibility index (Phi) is 5.78. The van der Waals surface area contributed by atoms with Gasteiger partial charge in [-0.25, -0.2) is 0 Å². The predicted molar refractivity (Wildman–Crippen MR) is 114 cm³/mol. The highest BCUT2D eigenvalue weighted by atomic mass is 16.5. The molecule has 4 aliphatic rings. The SMILES string of the molecule is O=C(CN1CCN(Cc2ccc3c(c2)CCO3)CC1)N1CC[C@@H]2CCCC[C@H]2C1. The summed E-state index contributed by atoms with van der Waals surface area (Å²) in [5.74, 6) is 3.09. The van der Waals surface area contributed by atoms with Crippen LogP contribution in [0.15, 0.2) is 18.2 Å². The van der Waals surface area contributed by atoms with Gasteiger partial charge < -0.3 is 9.64 Å². The van der Waals surface area contributed by atoms with E-state index in [2.05, 4.69) is 32.9 Å². The van der Waals surface area contributed by atoms with Crippen molar-refractivity contribution in [3.05, 3.63) is 29.3 Å². The molecule has 2 saturated heterocycles. The van der Waals surface area contributed by atoms with E-state index in [4.69, 9.17) is 4.74 Å². The monoisotopic (exact) mass is 397 g/mol. The number of rotatable bonds is 4. The molecule has 0 aromatic heterocycles. The Morgan fingerprint density at radius 2 is 1.76 bits per heavy atom. The second-order valence-corrected chi connectivity index (χ2v) is 9.53. The minimum absolute atomic E-state index is 0.362. The van der Waals surface area contributed by atoms with Gasteiger partial charge >= 0.3 is 0 Å². The van der Waals surface area contributed by atoms with Gasteiger partial charge in [-0.2, -0.15) is 0 Å². The molecule has 5 nitrogen and oxygen atoms in total. The fourth-order valence-corrected chi connectivity index (χ4v) is 5.82. The molecule has 0 unspecified atom stereocenters. The van der Waals surface area contributed by atoms with Gasteiger partial charge in [0.05, 0.1) is 13.2 Å². The molecule has 0 bridgehead atoms. The molecule has 3 heterocycles. The smallest absolute Gasteiger partial charge is 0.236 e. The van der Waals surface area contributed by atoms with E-state index in [1.54, 1.807) is 0 Å². The van der Waals surface area contributed by atoms with Crippen LogP contribution in [0.1, 0.15) is 43.2 Å². The van der Waals surface area contributed by atoms with Gasteiger partial charge in [0.25, 0.3) is 0 Å². The number of hydrogen-bond donors (Lipinski definition) is 0. The average Bonchev–Trinajstić information content (AvgIpc) is 3.23. The molecule has 0 N–H and O–H groups in total. The van der Waals surface area contributed by atoms with Crippen molar-refractivity contribution in [2.24, 2.45) is 11.8 Å². The van der Waals surface area contributed by atoms with Crippen LogP contribution in [0, 0.1) is 11.8 Å². The van der Waals surface area contributed by atoms with Crippen LogP contribution in [-0.2, 0) is 17.8 Å². The summed E-state index contributed by atoms with van der Waals surface area (Å²) in [4.78, 5) is 19.9. The zero-order valence-electron chi connectivity index (χ0n) is 17.7. The van der Waals surface area contributed by atoms with Gasteiger partial charge in [-0.05, 0) is 41.9 Å². The first kappa shape index (κ1) is 19.4. The molecule has 5 rings (SSSR count). The van der Waals surface area contributed by atoms with Gasteiger partial charge in [0.1, 0.15) is 5.75 Å². The molecule has 1 aromatic carbocycles. The van der Waals surface area contributed by atoms with Crippen LogP contribution in [0.4, 0.5) is 0 Å². The summed E-state index contributed by atoms with van der Waals surface area (Å²) in [6.45, 7) is 8.54. The molecule has 5 heteroatoms. The first-order chi connectivity index (χ1) is 14.2. The molecule has 2 atom stereocenters. The van der Waals surface area contributed by atoms with Gasteiger partial charge in [0.2, 0.25) is 5.91 Å². The lowest BCUT2D eigenvalue weighted by Crippen LogP contribution is -2.52. The number of piperazine rings is 1. The molecular formula is C24H35N3O2. The number of piperidine rings is 1. The standard InChI is InChI=1S/C24H35N3O2/c28-24(27-9-7-20-3-1-2-4-22(20)17-27)18-26-12-10-25(11-13-26)16-19-5-6-23-21(15-19)8-14-29-23/h5-6,15,20,22H,1-4,7-14,16-18H2/t20-,22-/m0/s1.